The minimum absolute atomic E-state index is 0.0311. The maximum atomic E-state index is 12.0. The van der Waals surface area contributed by atoms with Gasteiger partial charge < -0.3 is 10.4 Å². The Hall–Kier alpha value is -1.61. The minimum Gasteiger partial charge on any atom is -0.394 e. The Morgan fingerprint density at radius 3 is 2.47 bits per heavy atom. The smallest absolute Gasteiger partial charge is 0.224 e. The lowest BCUT2D eigenvalue weighted by molar-refractivity contribution is -0.125. The van der Waals surface area contributed by atoms with Gasteiger partial charge in [0, 0.05) is 5.92 Å². The van der Waals surface area contributed by atoms with E-state index in [1.54, 1.807) is 0 Å². The molecule has 2 N–H and O–H groups in total. The molecule has 0 aromatic heterocycles. The molecule has 1 aromatic carbocycles. The highest BCUT2D eigenvalue weighted by molar-refractivity contribution is 5.80. The van der Waals surface area contributed by atoms with Gasteiger partial charge in [-0.2, -0.15) is 0 Å². The molecule has 0 bridgehead atoms. The first-order valence-corrected chi connectivity index (χ1v) is 6.89. The lowest BCUT2D eigenvalue weighted by atomic mass is 10.0. The van der Waals surface area contributed by atoms with Crippen molar-refractivity contribution in [3.8, 4) is 0 Å². The van der Waals surface area contributed by atoms with Gasteiger partial charge in [-0.05, 0) is 30.4 Å². The molecule has 0 radical (unpaired) electrons. The van der Waals surface area contributed by atoms with Crippen molar-refractivity contribution in [1.29, 1.82) is 0 Å². The molecular weight excluding hydrogens is 238 g/mol. The largest absolute Gasteiger partial charge is 0.394 e. The third-order valence-corrected chi connectivity index (χ3v) is 3.67. The molecule has 0 heterocycles. The Balaban J connectivity index is 2.00. The molecule has 1 aliphatic carbocycles. The molecule has 1 aromatic rings. The summed E-state index contributed by atoms with van der Waals surface area (Å²) in [4.78, 5) is 12.0. The fraction of sp³-hybridized carbons (Fsp3) is 0.438. The summed E-state index contributed by atoms with van der Waals surface area (Å²) in [6, 6.07) is 7.74. The average Bonchev–Trinajstić information content (AvgIpc) is 2.99. The zero-order valence-corrected chi connectivity index (χ0v) is 11.3. The van der Waals surface area contributed by atoms with E-state index in [-0.39, 0.29) is 24.5 Å². The third-order valence-electron chi connectivity index (χ3n) is 3.67. The number of aliphatic hydroxyl groups is 1. The quantitative estimate of drug-likeness (QED) is 0.798. The van der Waals surface area contributed by atoms with E-state index in [4.69, 9.17) is 0 Å². The number of aliphatic hydroxyl groups excluding tert-OH is 1. The molecule has 3 nitrogen and oxygen atoms in total. The predicted octanol–water partition coefficient (Wildman–Crippen LogP) is 2.36. The van der Waals surface area contributed by atoms with Crippen molar-refractivity contribution in [3.63, 3.8) is 0 Å². The van der Waals surface area contributed by atoms with E-state index >= 15 is 0 Å². The number of nitrogens with one attached hydrogen (secondary N) is 1. The van der Waals surface area contributed by atoms with Crippen LogP contribution in [0.2, 0.25) is 0 Å². The van der Waals surface area contributed by atoms with Crippen molar-refractivity contribution >= 4 is 5.91 Å². The molecule has 1 atom stereocenters. The summed E-state index contributed by atoms with van der Waals surface area (Å²) in [5, 5.41) is 12.4. The zero-order valence-electron chi connectivity index (χ0n) is 11.3. The Morgan fingerprint density at radius 2 is 1.95 bits per heavy atom. The summed E-state index contributed by atoms with van der Waals surface area (Å²) in [6.07, 6.45) is 6.67. The fourth-order valence-corrected chi connectivity index (χ4v) is 2.34. The van der Waals surface area contributed by atoms with Gasteiger partial charge in [-0.1, -0.05) is 43.3 Å². The van der Waals surface area contributed by atoms with Crippen LogP contribution in [-0.4, -0.2) is 17.6 Å². The van der Waals surface area contributed by atoms with Gasteiger partial charge in [0.05, 0.1) is 12.6 Å². The molecule has 0 spiro atoms. The Morgan fingerprint density at radius 1 is 1.32 bits per heavy atom. The number of carbonyl (C=O) groups is 1. The number of amides is 1. The van der Waals surface area contributed by atoms with Crippen molar-refractivity contribution in [1.82, 2.24) is 5.32 Å². The maximum absolute atomic E-state index is 12.0. The van der Waals surface area contributed by atoms with Crippen LogP contribution in [-0.2, 0) is 11.2 Å². The van der Waals surface area contributed by atoms with E-state index in [2.05, 4.69) is 12.2 Å². The van der Waals surface area contributed by atoms with E-state index in [1.807, 2.05) is 36.4 Å². The first-order valence-electron chi connectivity index (χ1n) is 6.89. The molecule has 3 heteroatoms. The Bertz CT molecular complexity index is 442. The first-order chi connectivity index (χ1) is 9.24. The summed E-state index contributed by atoms with van der Waals surface area (Å²) in [5.41, 5.74) is 2.21. The zero-order chi connectivity index (χ0) is 13.7. The molecule has 0 aliphatic heterocycles. The number of benzene rings is 1. The lowest BCUT2D eigenvalue weighted by Crippen LogP contribution is -2.34. The van der Waals surface area contributed by atoms with Crippen LogP contribution in [0.1, 0.15) is 36.9 Å². The fourth-order valence-electron chi connectivity index (χ4n) is 2.34. The van der Waals surface area contributed by atoms with Gasteiger partial charge in [0.15, 0.2) is 0 Å². The third kappa shape index (κ3) is 3.44. The normalized spacial score (nSPS) is 16.5. The molecule has 0 saturated heterocycles. The topological polar surface area (TPSA) is 49.3 Å². The number of rotatable bonds is 5. The molecule has 1 unspecified atom stereocenters. The molecule has 19 heavy (non-hydrogen) atoms. The van der Waals surface area contributed by atoms with Crippen molar-refractivity contribution in [3.05, 3.63) is 47.5 Å². The van der Waals surface area contributed by atoms with Crippen molar-refractivity contribution in [2.45, 2.75) is 32.2 Å². The van der Waals surface area contributed by atoms with Crippen LogP contribution < -0.4 is 5.32 Å². The van der Waals surface area contributed by atoms with E-state index in [1.165, 1.54) is 5.56 Å². The molecular formula is C16H21NO2. The van der Waals surface area contributed by atoms with E-state index in [0.717, 1.165) is 24.8 Å². The van der Waals surface area contributed by atoms with Crippen LogP contribution in [0, 0.1) is 5.92 Å². The second kappa shape index (κ2) is 6.53. The van der Waals surface area contributed by atoms with Crippen molar-refractivity contribution in [2.75, 3.05) is 6.61 Å². The van der Waals surface area contributed by atoms with Crippen LogP contribution in [0.4, 0.5) is 0 Å². The average molecular weight is 259 g/mol. The predicted molar refractivity (Wildman–Crippen MR) is 75.7 cm³/mol. The van der Waals surface area contributed by atoms with Crippen LogP contribution >= 0.6 is 0 Å². The van der Waals surface area contributed by atoms with Crippen LogP contribution in [0.5, 0.6) is 0 Å². The summed E-state index contributed by atoms with van der Waals surface area (Å²) in [5.74, 6) is 0.0626. The number of carbonyl (C=O) groups excluding carboxylic acids is 1. The van der Waals surface area contributed by atoms with Crippen molar-refractivity contribution < 1.29 is 9.90 Å². The highest BCUT2D eigenvalue weighted by Gasteiger charge is 2.22. The van der Waals surface area contributed by atoms with E-state index in [0.29, 0.717) is 0 Å². The summed E-state index contributed by atoms with van der Waals surface area (Å²) in [6.45, 7) is 2.03. The molecule has 1 aliphatic rings. The van der Waals surface area contributed by atoms with Crippen LogP contribution in [0.15, 0.2) is 36.4 Å². The Labute approximate surface area is 114 Å². The Kier molecular flexibility index (Phi) is 4.74. The number of allylic oxidation sites excluding steroid dienone is 2. The summed E-state index contributed by atoms with van der Waals surface area (Å²) in [7, 11) is 0. The van der Waals surface area contributed by atoms with E-state index in [9.17, 15) is 9.90 Å². The van der Waals surface area contributed by atoms with Crippen molar-refractivity contribution in [2.24, 2.45) is 5.92 Å². The number of hydrogen-bond acceptors (Lipinski definition) is 2. The second-order valence-corrected chi connectivity index (χ2v) is 4.98. The van der Waals surface area contributed by atoms with Crippen LogP contribution in [0.3, 0.4) is 0 Å². The maximum Gasteiger partial charge on any atom is 0.224 e. The molecule has 1 amide bonds. The summed E-state index contributed by atoms with van der Waals surface area (Å²) < 4.78 is 0. The minimum atomic E-state index is -0.306. The highest BCUT2D eigenvalue weighted by atomic mass is 16.3. The van der Waals surface area contributed by atoms with Gasteiger partial charge in [0.25, 0.3) is 0 Å². The van der Waals surface area contributed by atoms with E-state index < -0.39 is 0 Å². The molecule has 0 saturated carbocycles. The lowest BCUT2D eigenvalue weighted by Gasteiger charge is -2.19. The molecule has 102 valence electrons. The van der Waals surface area contributed by atoms with Crippen LogP contribution in [0.25, 0.3) is 0 Å². The van der Waals surface area contributed by atoms with Gasteiger partial charge in [-0.3, -0.25) is 4.79 Å². The molecule has 0 fully saturated rings. The monoisotopic (exact) mass is 259 g/mol. The first kappa shape index (κ1) is 13.8. The summed E-state index contributed by atoms with van der Waals surface area (Å²) >= 11 is 0. The van der Waals surface area contributed by atoms with Gasteiger partial charge in [0.2, 0.25) is 5.91 Å². The second-order valence-electron chi connectivity index (χ2n) is 4.98. The SMILES string of the molecule is CCc1ccc(C(CO)NC(=O)C2CC=CC2)cc1. The molecule has 2 rings (SSSR count). The standard InChI is InChI=1S/C16H21NO2/c1-2-12-7-9-13(10-8-12)15(11-18)17-16(19)14-5-3-4-6-14/h3-4,7-10,14-15,18H,2,5-6,11H2,1H3,(H,17,19). The number of aryl methyl sites for hydroxylation is 1. The number of hydrogen-bond donors (Lipinski definition) is 2. The van der Waals surface area contributed by atoms with Gasteiger partial charge >= 0.3 is 0 Å². The van der Waals surface area contributed by atoms with Gasteiger partial charge in [0.1, 0.15) is 0 Å². The van der Waals surface area contributed by atoms with Gasteiger partial charge in [-0.25, -0.2) is 0 Å². The highest BCUT2D eigenvalue weighted by Crippen LogP contribution is 2.20. The van der Waals surface area contributed by atoms with Gasteiger partial charge in [-0.15, -0.1) is 0 Å².